The predicted molar refractivity (Wildman–Crippen MR) is 235 cm³/mol. The molecule has 272 valence electrons. The third kappa shape index (κ3) is 5.52. The van der Waals surface area contributed by atoms with Gasteiger partial charge in [0.2, 0.25) is 0 Å². The van der Waals surface area contributed by atoms with E-state index in [9.17, 15) is 0 Å². The Labute approximate surface area is 334 Å². The summed E-state index contributed by atoms with van der Waals surface area (Å²) in [6.07, 6.45) is 2.31. The lowest BCUT2D eigenvalue weighted by molar-refractivity contribution is 0.281. The van der Waals surface area contributed by atoms with E-state index in [-0.39, 0.29) is 23.4 Å². The summed E-state index contributed by atoms with van der Waals surface area (Å²) in [5.41, 5.74) is 17.8. The Morgan fingerprint density at radius 3 is 1.68 bits per heavy atom. The number of ether oxygens (including phenoxy) is 1. The van der Waals surface area contributed by atoms with Gasteiger partial charge in [-0.3, -0.25) is 0 Å². The van der Waals surface area contributed by atoms with Crippen LogP contribution in [0.2, 0.25) is 0 Å². The molecule has 0 radical (unpaired) electrons. The molecular weight excluding hydrogens is 689 g/mol. The molecule has 1 nitrogen and oxygen atoms in total. The van der Waals surface area contributed by atoms with E-state index in [1.807, 2.05) is 0 Å². The van der Waals surface area contributed by atoms with Gasteiger partial charge in [-0.15, -0.1) is 0 Å². The molecule has 11 rings (SSSR count). The maximum Gasteiger partial charge on any atom is 0.135 e. The Bertz CT molecular complexity index is 2860. The van der Waals surface area contributed by atoms with Gasteiger partial charge >= 0.3 is 0 Å². The first-order valence-electron chi connectivity index (χ1n) is 20.2. The monoisotopic (exact) mass is 730 g/mol. The summed E-state index contributed by atoms with van der Waals surface area (Å²) in [5, 5.41) is 2.53. The molecule has 0 spiro atoms. The predicted octanol–water partition coefficient (Wildman–Crippen LogP) is 12.0. The van der Waals surface area contributed by atoms with Gasteiger partial charge in [-0.2, -0.15) is 0 Å². The van der Waals surface area contributed by atoms with Crippen molar-refractivity contribution in [1.82, 2.24) is 0 Å². The highest BCUT2D eigenvalue weighted by Gasteiger charge is 2.40. The minimum absolute atomic E-state index is 0.0291. The number of hydrogen-bond donors (Lipinski definition) is 0. The molecule has 0 saturated carbocycles. The smallest absolute Gasteiger partial charge is 0.135 e. The van der Waals surface area contributed by atoms with Gasteiger partial charge in [-0.25, -0.2) is 0 Å². The van der Waals surface area contributed by atoms with Gasteiger partial charge in [-0.1, -0.05) is 202 Å². The van der Waals surface area contributed by atoms with Crippen LogP contribution in [0.3, 0.4) is 0 Å². The fourth-order valence-electron chi connectivity index (χ4n) is 9.90. The molecule has 2 atom stereocenters. The molecule has 3 aliphatic rings. The lowest BCUT2D eigenvalue weighted by Gasteiger charge is -2.26. The third-order valence-corrected chi connectivity index (χ3v) is 12.8. The standard InChI is InChI=1S/C56H42O/c1-56(2)50-20-12-11-19-46(50)47-31-29-43(34-51(47)56)54-45-18-10-9-17-42(45)33-49-48-32-30-44(35-52(48)57-55(49)54)53(40-25-21-38(22-26-40)36-13-5-3-6-14-36)41-27-23-39(24-28-41)37-15-7-4-8-16-37/h3-35,49,53,55H,1-2H3. The second-order valence-corrected chi connectivity index (χ2v) is 16.4. The van der Waals surface area contributed by atoms with Crippen LogP contribution in [0.4, 0.5) is 0 Å². The van der Waals surface area contributed by atoms with Crippen molar-refractivity contribution in [2.45, 2.75) is 37.2 Å². The zero-order chi connectivity index (χ0) is 38.1. The zero-order valence-corrected chi connectivity index (χ0v) is 32.2. The average molecular weight is 731 g/mol. The van der Waals surface area contributed by atoms with Crippen LogP contribution in [0.15, 0.2) is 194 Å². The SMILES string of the molecule is CC1(C)c2ccccc2-c2ccc(C3=c4ccccc4=CC4c5ccc(C(c6ccc(-c7ccccc7)cc6)c6ccc(-c7ccccc7)cc6)cc5OC34)cc21. The van der Waals surface area contributed by atoms with Crippen molar-refractivity contribution >= 4 is 11.6 Å². The first kappa shape index (κ1) is 33.6. The summed E-state index contributed by atoms with van der Waals surface area (Å²) < 4.78 is 7.22. The van der Waals surface area contributed by atoms with E-state index >= 15 is 0 Å². The van der Waals surface area contributed by atoms with E-state index in [1.165, 1.54) is 88.3 Å². The van der Waals surface area contributed by atoms with Crippen molar-refractivity contribution in [3.05, 3.63) is 244 Å². The van der Waals surface area contributed by atoms with E-state index in [0.717, 1.165) is 5.75 Å². The van der Waals surface area contributed by atoms with Gasteiger partial charge in [0.25, 0.3) is 0 Å². The summed E-state index contributed by atoms with van der Waals surface area (Å²) >= 11 is 0. The zero-order valence-electron chi connectivity index (χ0n) is 32.2. The summed E-state index contributed by atoms with van der Waals surface area (Å²) in [7, 11) is 0. The Balaban J connectivity index is 1.00. The minimum atomic E-state index is -0.121. The van der Waals surface area contributed by atoms with Crippen molar-refractivity contribution in [3.8, 4) is 39.1 Å². The fraction of sp³-hybridized carbons (Fsp3) is 0.107. The first-order chi connectivity index (χ1) is 28.0. The quantitative estimate of drug-likeness (QED) is 0.155. The molecule has 0 bridgehead atoms. The summed E-state index contributed by atoms with van der Waals surface area (Å²) in [4.78, 5) is 0. The number of hydrogen-bond acceptors (Lipinski definition) is 1. The topological polar surface area (TPSA) is 9.23 Å². The van der Waals surface area contributed by atoms with Crippen LogP contribution in [-0.2, 0) is 5.41 Å². The van der Waals surface area contributed by atoms with Crippen LogP contribution in [-0.4, -0.2) is 6.10 Å². The van der Waals surface area contributed by atoms with E-state index in [4.69, 9.17) is 4.74 Å². The molecule has 0 N–H and O–H groups in total. The molecule has 0 aromatic heterocycles. The van der Waals surface area contributed by atoms with Gasteiger partial charge < -0.3 is 4.74 Å². The van der Waals surface area contributed by atoms with Crippen molar-refractivity contribution in [1.29, 1.82) is 0 Å². The number of fused-ring (bicyclic) bond motifs is 7. The summed E-state index contributed by atoms with van der Waals surface area (Å²) in [5.74, 6) is 1.12. The molecule has 1 heteroatoms. The average Bonchev–Trinajstić information content (AvgIpc) is 3.74. The molecule has 2 aliphatic carbocycles. The highest BCUT2D eigenvalue weighted by molar-refractivity contribution is 5.85. The fourth-order valence-corrected chi connectivity index (χ4v) is 9.90. The Hall–Kier alpha value is -6.70. The maximum atomic E-state index is 7.22. The molecule has 0 fully saturated rings. The van der Waals surface area contributed by atoms with Gasteiger partial charge in [0.05, 0.1) is 0 Å². The van der Waals surface area contributed by atoms with Crippen molar-refractivity contribution in [2.24, 2.45) is 0 Å². The Morgan fingerprint density at radius 1 is 0.456 bits per heavy atom. The van der Waals surface area contributed by atoms with Gasteiger partial charge in [0.15, 0.2) is 0 Å². The molecule has 0 saturated heterocycles. The molecule has 57 heavy (non-hydrogen) atoms. The van der Waals surface area contributed by atoms with Crippen molar-refractivity contribution in [2.75, 3.05) is 0 Å². The normalized spacial score (nSPS) is 16.8. The van der Waals surface area contributed by atoms with Crippen LogP contribution < -0.4 is 15.2 Å². The minimum Gasteiger partial charge on any atom is -0.484 e. The highest BCUT2D eigenvalue weighted by atomic mass is 16.5. The van der Waals surface area contributed by atoms with E-state index < -0.39 is 0 Å². The van der Waals surface area contributed by atoms with E-state index in [0.29, 0.717) is 0 Å². The lowest BCUT2D eigenvalue weighted by Crippen LogP contribution is -2.39. The third-order valence-electron chi connectivity index (χ3n) is 12.8. The molecule has 8 aromatic rings. The first-order valence-corrected chi connectivity index (χ1v) is 20.2. The Morgan fingerprint density at radius 2 is 1.00 bits per heavy atom. The Kier molecular flexibility index (Phi) is 7.79. The van der Waals surface area contributed by atoms with Crippen LogP contribution in [0.5, 0.6) is 5.75 Å². The molecule has 8 aromatic carbocycles. The molecule has 0 amide bonds. The van der Waals surface area contributed by atoms with E-state index in [2.05, 4.69) is 214 Å². The van der Waals surface area contributed by atoms with Gasteiger partial charge in [-0.05, 0) is 89.3 Å². The van der Waals surface area contributed by atoms with Gasteiger partial charge in [0.1, 0.15) is 11.9 Å². The molecular formula is C56H42O. The van der Waals surface area contributed by atoms with Crippen molar-refractivity contribution < 1.29 is 4.74 Å². The summed E-state index contributed by atoms with van der Waals surface area (Å²) in [6, 6.07) is 71.4. The highest BCUT2D eigenvalue weighted by Crippen LogP contribution is 2.51. The van der Waals surface area contributed by atoms with Crippen LogP contribution in [0, 0.1) is 0 Å². The number of rotatable bonds is 6. The van der Waals surface area contributed by atoms with Crippen LogP contribution in [0.1, 0.15) is 64.6 Å². The van der Waals surface area contributed by atoms with E-state index in [1.54, 1.807) is 0 Å². The largest absolute Gasteiger partial charge is 0.484 e. The van der Waals surface area contributed by atoms with Crippen molar-refractivity contribution in [3.63, 3.8) is 0 Å². The molecule has 2 unspecified atom stereocenters. The second kappa shape index (κ2) is 13.2. The lowest BCUT2D eigenvalue weighted by atomic mass is 9.78. The maximum absolute atomic E-state index is 7.22. The van der Waals surface area contributed by atoms with Crippen LogP contribution >= 0.6 is 0 Å². The molecule has 1 heterocycles. The second-order valence-electron chi connectivity index (χ2n) is 16.4. The van der Waals surface area contributed by atoms with Gasteiger partial charge in [0, 0.05) is 28.4 Å². The van der Waals surface area contributed by atoms with Crippen LogP contribution in [0.25, 0.3) is 45.0 Å². The molecule has 1 aliphatic heterocycles. The number of benzene rings is 8. The summed E-state index contributed by atoms with van der Waals surface area (Å²) in [6.45, 7) is 4.73.